The quantitative estimate of drug-likeness (QED) is 0.331. The number of pyridine rings is 1. The second-order valence-corrected chi connectivity index (χ2v) is 12.8. The van der Waals surface area contributed by atoms with Crippen LogP contribution in [0, 0.1) is 12.7 Å². The number of methoxy groups -OCH3 is 1. The number of likely N-dealkylation sites (tertiary alicyclic amines) is 1. The highest BCUT2D eigenvalue weighted by molar-refractivity contribution is 6.04. The Labute approximate surface area is 270 Å². The van der Waals surface area contributed by atoms with Crippen molar-refractivity contribution < 1.29 is 18.7 Å². The molecule has 47 heavy (non-hydrogen) atoms. The van der Waals surface area contributed by atoms with Gasteiger partial charge >= 0.3 is 5.69 Å². The predicted octanol–water partition coefficient (Wildman–Crippen LogP) is 3.47. The van der Waals surface area contributed by atoms with Crippen molar-refractivity contribution in [3.8, 4) is 28.3 Å². The number of ether oxygens (including phenoxy) is 1. The number of aryl methyl sites for hydroxylation is 2. The van der Waals surface area contributed by atoms with Crippen molar-refractivity contribution in [1.82, 2.24) is 24.3 Å². The molecule has 11 nitrogen and oxygen atoms in total. The van der Waals surface area contributed by atoms with Gasteiger partial charge in [-0.25, -0.2) is 14.2 Å². The molecule has 2 fully saturated rings. The normalized spacial score (nSPS) is 18.1. The van der Waals surface area contributed by atoms with E-state index in [4.69, 9.17) is 9.72 Å². The molecule has 2 aromatic carbocycles. The topological polar surface area (TPSA) is 128 Å². The van der Waals surface area contributed by atoms with Crippen LogP contribution < -0.4 is 26.6 Å². The van der Waals surface area contributed by atoms with Crippen LogP contribution in [0.3, 0.4) is 0 Å². The van der Waals surface area contributed by atoms with E-state index in [-0.39, 0.29) is 34.3 Å². The van der Waals surface area contributed by atoms with Gasteiger partial charge in [-0.05, 0) is 55.0 Å². The summed E-state index contributed by atoms with van der Waals surface area (Å²) in [7, 11) is 4.33. The lowest BCUT2D eigenvalue weighted by Crippen LogP contribution is -2.67. The average molecular weight is 639 g/mol. The molecule has 2 N–H and O–H groups in total. The summed E-state index contributed by atoms with van der Waals surface area (Å²) in [5, 5.41) is 5.67. The second kappa shape index (κ2) is 11.3. The third-order valence-electron chi connectivity index (χ3n) is 9.85. The molecule has 0 radical (unpaired) electrons. The molecular weight excluding hydrogens is 603 g/mol. The van der Waals surface area contributed by atoms with E-state index in [1.165, 1.54) is 25.7 Å². The minimum Gasteiger partial charge on any atom is -0.481 e. The van der Waals surface area contributed by atoms with Crippen LogP contribution in [0.25, 0.3) is 22.4 Å². The number of aromatic nitrogens is 3. The largest absolute Gasteiger partial charge is 0.481 e. The van der Waals surface area contributed by atoms with E-state index in [1.807, 2.05) is 25.1 Å². The summed E-state index contributed by atoms with van der Waals surface area (Å²) in [6.45, 7) is 3.55. The van der Waals surface area contributed by atoms with Crippen molar-refractivity contribution in [3.63, 3.8) is 0 Å². The van der Waals surface area contributed by atoms with Crippen LogP contribution in [0.15, 0.2) is 58.3 Å². The van der Waals surface area contributed by atoms with Crippen LogP contribution >= 0.6 is 0 Å². The van der Waals surface area contributed by atoms with Gasteiger partial charge in [-0.15, -0.1) is 0 Å². The van der Waals surface area contributed by atoms with Gasteiger partial charge in [0, 0.05) is 62.5 Å². The van der Waals surface area contributed by atoms with Crippen LogP contribution in [0.1, 0.15) is 52.4 Å². The number of anilines is 1. The van der Waals surface area contributed by atoms with Gasteiger partial charge < -0.3 is 19.9 Å². The van der Waals surface area contributed by atoms with Gasteiger partial charge in [0.25, 0.3) is 11.5 Å². The highest BCUT2D eigenvalue weighted by Gasteiger charge is 2.51. The molecule has 2 aromatic heterocycles. The summed E-state index contributed by atoms with van der Waals surface area (Å²) in [5.74, 6) is -0.780. The number of halogens is 1. The number of carbonyl (C=O) groups excluding carboxylic acids is 2. The third-order valence-corrected chi connectivity index (χ3v) is 9.85. The monoisotopic (exact) mass is 638 g/mol. The van der Waals surface area contributed by atoms with Gasteiger partial charge in [0.15, 0.2) is 5.82 Å². The molecular formula is C35H35FN6O5. The summed E-state index contributed by atoms with van der Waals surface area (Å²) in [6, 6.07) is 12.6. The van der Waals surface area contributed by atoms with Gasteiger partial charge in [-0.1, -0.05) is 30.3 Å². The molecule has 1 atom stereocenters. The Morgan fingerprint density at radius 1 is 1.06 bits per heavy atom. The molecule has 0 bridgehead atoms. The number of hydrogen-bond donors (Lipinski definition) is 2. The van der Waals surface area contributed by atoms with Crippen molar-refractivity contribution in [2.24, 2.45) is 14.1 Å². The fraction of sp³-hybridized carbons (Fsp3) is 0.343. The summed E-state index contributed by atoms with van der Waals surface area (Å²) in [4.78, 5) is 56.8. The van der Waals surface area contributed by atoms with E-state index >= 15 is 4.39 Å². The number of carbonyl (C=O) groups is 2. The van der Waals surface area contributed by atoms with Crippen LogP contribution in [0.5, 0.6) is 5.88 Å². The number of hydrogen-bond acceptors (Lipinski definition) is 7. The smallest absolute Gasteiger partial charge is 0.330 e. The molecule has 3 aliphatic rings. The number of nitrogens with one attached hydrogen (secondary N) is 2. The van der Waals surface area contributed by atoms with Crippen molar-refractivity contribution in [2.45, 2.75) is 44.2 Å². The lowest BCUT2D eigenvalue weighted by molar-refractivity contribution is -0.121. The highest BCUT2D eigenvalue weighted by Crippen LogP contribution is 2.47. The SMILES string of the molecule is COc1nc(-c2cccc(-c3cccc(NC(=O)c4cn(C)c(=O)n(C)c4=O)c3F)c2C)cc2c1[C@@H](N1CC3(CCC(=O)N3)C1)CC2. The molecule has 2 saturated heterocycles. The van der Waals surface area contributed by atoms with Gasteiger partial charge in [0.1, 0.15) is 5.56 Å². The number of benzene rings is 2. The summed E-state index contributed by atoms with van der Waals surface area (Å²) in [5.41, 5.74) is 3.67. The highest BCUT2D eigenvalue weighted by atomic mass is 19.1. The Morgan fingerprint density at radius 2 is 1.79 bits per heavy atom. The molecule has 7 rings (SSSR count). The van der Waals surface area contributed by atoms with Gasteiger partial charge in [-0.2, -0.15) is 0 Å². The predicted molar refractivity (Wildman–Crippen MR) is 174 cm³/mol. The number of nitrogens with zero attached hydrogens (tertiary/aromatic N) is 4. The summed E-state index contributed by atoms with van der Waals surface area (Å²) in [6.07, 6.45) is 4.41. The molecule has 1 aliphatic carbocycles. The van der Waals surface area contributed by atoms with E-state index in [0.29, 0.717) is 17.9 Å². The van der Waals surface area contributed by atoms with Crippen molar-refractivity contribution in [1.29, 1.82) is 0 Å². The van der Waals surface area contributed by atoms with Crippen LogP contribution in [0.2, 0.25) is 0 Å². The maximum absolute atomic E-state index is 16.0. The molecule has 2 amide bonds. The molecule has 12 heteroatoms. The second-order valence-electron chi connectivity index (χ2n) is 12.8. The molecule has 4 aromatic rings. The standard InChI is InChI=1S/C35H35FN6O5/c1-19-21(23-9-6-10-25(30(23)36)37-31(44)24-16-40(2)34(46)41(3)33(24)45)7-5-8-22(19)26-15-20-11-12-27(29(20)32(38-26)47-4)42-17-35(18-42)14-13-28(43)39-35/h5-10,15-16,27H,11-14,17-18H2,1-4H3,(H,37,44)(H,39,43)/t27-/m0/s1. The Kier molecular flexibility index (Phi) is 7.35. The van der Waals surface area contributed by atoms with Crippen molar-refractivity contribution in [2.75, 3.05) is 25.5 Å². The fourth-order valence-electron chi connectivity index (χ4n) is 7.40. The number of rotatable bonds is 6. The van der Waals surface area contributed by atoms with Gasteiger partial charge in [0.05, 0.1) is 24.0 Å². The Morgan fingerprint density at radius 3 is 2.51 bits per heavy atom. The van der Waals surface area contributed by atoms with E-state index < -0.39 is 23.0 Å². The number of amides is 2. The average Bonchev–Trinajstić information content (AvgIpc) is 3.65. The first-order valence-electron chi connectivity index (χ1n) is 15.6. The van der Waals surface area contributed by atoms with Gasteiger partial charge in [0.2, 0.25) is 11.8 Å². The molecule has 0 unspecified atom stereocenters. The maximum atomic E-state index is 16.0. The molecule has 4 heterocycles. The van der Waals surface area contributed by atoms with Crippen LogP contribution in [-0.4, -0.2) is 56.6 Å². The first-order chi connectivity index (χ1) is 22.5. The Balaban J connectivity index is 1.18. The van der Waals surface area contributed by atoms with Crippen LogP contribution in [0.4, 0.5) is 10.1 Å². The molecule has 1 spiro atoms. The fourth-order valence-corrected chi connectivity index (χ4v) is 7.40. The van der Waals surface area contributed by atoms with E-state index in [2.05, 4.69) is 21.6 Å². The Hall–Kier alpha value is -5.10. The first kappa shape index (κ1) is 30.5. The summed E-state index contributed by atoms with van der Waals surface area (Å²) < 4.78 is 23.8. The van der Waals surface area contributed by atoms with Gasteiger partial charge in [-0.3, -0.25) is 23.9 Å². The third kappa shape index (κ3) is 5.03. The van der Waals surface area contributed by atoms with Crippen molar-refractivity contribution >= 4 is 17.5 Å². The first-order valence-corrected chi connectivity index (χ1v) is 15.6. The molecule has 242 valence electrons. The summed E-state index contributed by atoms with van der Waals surface area (Å²) >= 11 is 0. The number of fused-ring (bicyclic) bond motifs is 1. The molecule has 0 saturated carbocycles. The lowest BCUT2D eigenvalue weighted by Gasteiger charge is -2.50. The zero-order valence-corrected chi connectivity index (χ0v) is 26.6. The Bertz CT molecular complexity index is 2100. The van der Waals surface area contributed by atoms with E-state index in [1.54, 1.807) is 19.2 Å². The minimum absolute atomic E-state index is 0.0958. The molecule has 2 aliphatic heterocycles. The lowest BCUT2D eigenvalue weighted by atomic mass is 9.86. The zero-order chi connectivity index (χ0) is 33.2. The van der Waals surface area contributed by atoms with E-state index in [0.717, 1.165) is 70.1 Å². The maximum Gasteiger partial charge on any atom is 0.330 e. The van der Waals surface area contributed by atoms with Crippen molar-refractivity contribution in [3.05, 3.63) is 97.6 Å². The minimum atomic E-state index is -0.822. The van der Waals surface area contributed by atoms with Crippen LogP contribution in [-0.2, 0) is 25.3 Å². The van der Waals surface area contributed by atoms with E-state index in [9.17, 15) is 19.2 Å². The zero-order valence-electron chi connectivity index (χ0n) is 26.6.